The van der Waals surface area contributed by atoms with Crippen LogP contribution in [0.5, 0.6) is 0 Å². The highest BCUT2D eigenvalue weighted by molar-refractivity contribution is 5.72. The molecule has 5 nitrogen and oxygen atoms in total. The van der Waals surface area contributed by atoms with Crippen molar-refractivity contribution >= 4 is 17.5 Å². The van der Waals surface area contributed by atoms with Crippen LogP contribution in [0.2, 0.25) is 0 Å². The fourth-order valence-electron chi connectivity index (χ4n) is 1.55. The van der Waals surface area contributed by atoms with E-state index < -0.39 is 0 Å². The molecule has 0 saturated heterocycles. The predicted molar refractivity (Wildman–Crippen MR) is 67.8 cm³/mol. The minimum atomic E-state index is -0.219. The third-order valence-corrected chi connectivity index (χ3v) is 2.65. The van der Waals surface area contributed by atoms with Gasteiger partial charge in [0.2, 0.25) is 0 Å². The van der Waals surface area contributed by atoms with Crippen LogP contribution in [-0.2, 0) is 9.53 Å². The van der Waals surface area contributed by atoms with E-state index in [0.717, 1.165) is 11.5 Å². The maximum atomic E-state index is 11.3. The molecule has 0 fully saturated rings. The van der Waals surface area contributed by atoms with E-state index in [1.54, 1.807) is 0 Å². The number of nitrogen functional groups attached to an aromatic ring is 1. The van der Waals surface area contributed by atoms with Crippen LogP contribution in [0.3, 0.4) is 0 Å². The molecular formula is C12H19N3O2. The summed E-state index contributed by atoms with van der Waals surface area (Å²) in [6.07, 6.45) is 0. The SMILES string of the molecule is COC(=O)C(C)CN(C)c1ccc(N)c(C)n1. The second-order valence-electron chi connectivity index (χ2n) is 4.15. The van der Waals surface area contributed by atoms with E-state index in [1.807, 2.05) is 37.9 Å². The predicted octanol–water partition coefficient (Wildman–Crippen LogP) is 1.22. The van der Waals surface area contributed by atoms with Crippen LogP contribution in [0.4, 0.5) is 11.5 Å². The average molecular weight is 237 g/mol. The number of nitrogens with zero attached hydrogens (tertiary/aromatic N) is 2. The van der Waals surface area contributed by atoms with E-state index >= 15 is 0 Å². The molecule has 0 bridgehead atoms. The number of esters is 1. The molecule has 0 amide bonds. The maximum Gasteiger partial charge on any atom is 0.310 e. The van der Waals surface area contributed by atoms with Gasteiger partial charge in [-0.25, -0.2) is 4.98 Å². The molecule has 1 heterocycles. The van der Waals surface area contributed by atoms with Crippen molar-refractivity contribution in [3.05, 3.63) is 17.8 Å². The van der Waals surface area contributed by atoms with Crippen molar-refractivity contribution in [3.63, 3.8) is 0 Å². The highest BCUT2D eigenvalue weighted by Crippen LogP contribution is 2.16. The molecular weight excluding hydrogens is 218 g/mol. The number of aryl methyl sites for hydroxylation is 1. The molecule has 1 aromatic heterocycles. The summed E-state index contributed by atoms with van der Waals surface area (Å²) in [7, 11) is 3.28. The minimum Gasteiger partial charge on any atom is -0.469 e. The van der Waals surface area contributed by atoms with E-state index in [4.69, 9.17) is 5.73 Å². The number of methoxy groups -OCH3 is 1. The summed E-state index contributed by atoms with van der Waals surface area (Å²) in [5, 5.41) is 0. The number of aromatic nitrogens is 1. The average Bonchev–Trinajstić information content (AvgIpc) is 2.31. The van der Waals surface area contributed by atoms with E-state index in [-0.39, 0.29) is 11.9 Å². The molecule has 0 spiro atoms. The third kappa shape index (κ3) is 3.34. The highest BCUT2D eigenvalue weighted by Gasteiger charge is 2.16. The first-order valence-electron chi connectivity index (χ1n) is 5.47. The lowest BCUT2D eigenvalue weighted by molar-refractivity contribution is -0.144. The Labute approximate surface area is 102 Å². The Morgan fingerprint density at radius 2 is 2.24 bits per heavy atom. The summed E-state index contributed by atoms with van der Waals surface area (Å²) in [6, 6.07) is 3.66. The van der Waals surface area contributed by atoms with Crippen molar-refractivity contribution in [2.75, 3.05) is 31.3 Å². The number of carbonyl (C=O) groups excluding carboxylic acids is 1. The van der Waals surface area contributed by atoms with Gasteiger partial charge in [-0.05, 0) is 19.1 Å². The van der Waals surface area contributed by atoms with Gasteiger partial charge in [-0.2, -0.15) is 0 Å². The molecule has 94 valence electrons. The first kappa shape index (κ1) is 13.3. The summed E-state index contributed by atoms with van der Waals surface area (Å²) in [5.41, 5.74) is 7.17. The number of rotatable bonds is 4. The summed E-state index contributed by atoms with van der Waals surface area (Å²) < 4.78 is 4.69. The fourth-order valence-corrected chi connectivity index (χ4v) is 1.55. The number of pyridine rings is 1. The van der Waals surface area contributed by atoms with Crippen molar-refractivity contribution in [3.8, 4) is 0 Å². The molecule has 1 atom stereocenters. The first-order valence-corrected chi connectivity index (χ1v) is 5.47. The Hall–Kier alpha value is -1.78. The maximum absolute atomic E-state index is 11.3. The Balaban J connectivity index is 2.72. The van der Waals surface area contributed by atoms with Gasteiger partial charge in [0, 0.05) is 13.6 Å². The van der Waals surface area contributed by atoms with Crippen LogP contribution in [-0.4, -0.2) is 31.7 Å². The standard InChI is InChI=1S/C12H19N3O2/c1-8(12(16)17-4)7-15(3)11-6-5-10(13)9(2)14-11/h5-6,8H,7,13H2,1-4H3. The molecule has 2 N–H and O–H groups in total. The van der Waals surface area contributed by atoms with Gasteiger partial charge in [-0.1, -0.05) is 6.92 Å². The van der Waals surface area contributed by atoms with Gasteiger partial charge in [0.15, 0.2) is 0 Å². The van der Waals surface area contributed by atoms with E-state index in [1.165, 1.54) is 7.11 Å². The zero-order valence-electron chi connectivity index (χ0n) is 10.7. The molecule has 0 aliphatic carbocycles. The zero-order valence-corrected chi connectivity index (χ0v) is 10.7. The van der Waals surface area contributed by atoms with Crippen LogP contribution in [0, 0.1) is 12.8 Å². The molecule has 0 aliphatic rings. The summed E-state index contributed by atoms with van der Waals surface area (Å²) >= 11 is 0. The molecule has 0 saturated carbocycles. The second kappa shape index (κ2) is 5.52. The van der Waals surface area contributed by atoms with Crippen molar-refractivity contribution in [2.45, 2.75) is 13.8 Å². The smallest absolute Gasteiger partial charge is 0.310 e. The van der Waals surface area contributed by atoms with Crippen LogP contribution in [0.15, 0.2) is 12.1 Å². The van der Waals surface area contributed by atoms with Gasteiger partial charge in [-0.15, -0.1) is 0 Å². The monoisotopic (exact) mass is 237 g/mol. The Bertz CT molecular complexity index is 407. The van der Waals surface area contributed by atoms with Gasteiger partial charge >= 0.3 is 5.97 Å². The van der Waals surface area contributed by atoms with Crippen molar-refractivity contribution in [2.24, 2.45) is 5.92 Å². The Morgan fingerprint density at radius 1 is 1.59 bits per heavy atom. The number of hydrogen-bond acceptors (Lipinski definition) is 5. The highest BCUT2D eigenvalue weighted by atomic mass is 16.5. The van der Waals surface area contributed by atoms with Gasteiger partial charge in [0.25, 0.3) is 0 Å². The summed E-state index contributed by atoms with van der Waals surface area (Å²) in [4.78, 5) is 17.6. The lowest BCUT2D eigenvalue weighted by Crippen LogP contribution is -2.29. The Morgan fingerprint density at radius 3 is 2.76 bits per heavy atom. The van der Waals surface area contributed by atoms with Gasteiger partial charge < -0.3 is 15.4 Å². The molecule has 0 aliphatic heterocycles. The zero-order chi connectivity index (χ0) is 13.0. The lowest BCUT2D eigenvalue weighted by atomic mass is 10.2. The third-order valence-electron chi connectivity index (χ3n) is 2.65. The lowest BCUT2D eigenvalue weighted by Gasteiger charge is -2.21. The van der Waals surface area contributed by atoms with E-state index in [0.29, 0.717) is 12.2 Å². The number of nitrogens with two attached hydrogens (primary N) is 1. The van der Waals surface area contributed by atoms with Gasteiger partial charge in [0.05, 0.1) is 24.4 Å². The van der Waals surface area contributed by atoms with Crippen LogP contribution in [0.25, 0.3) is 0 Å². The number of carbonyl (C=O) groups is 1. The minimum absolute atomic E-state index is 0.190. The topological polar surface area (TPSA) is 68.5 Å². The molecule has 17 heavy (non-hydrogen) atoms. The largest absolute Gasteiger partial charge is 0.469 e. The first-order chi connectivity index (χ1) is 7.95. The molecule has 1 aromatic rings. The Kier molecular flexibility index (Phi) is 4.31. The second-order valence-corrected chi connectivity index (χ2v) is 4.15. The quantitative estimate of drug-likeness (QED) is 0.797. The molecule has 0 radical (unpaired) electrons. The van der Waals surface area contributed by atoms with Crippen LogP contribution < -0.4 is 10.6 Å². The van der Waals surface area contributed by atoms with Crippen molar-refractivity contribution in [1.82, 2.24) is 4.98 Å². The summed E-state index contributed by atoms with van der Waals surface area (Å²) in [5.74, 6) is 0.390. The van der Waals surface area contributed by atoms with E-state index in [9.17, 15) is 4.79 Å². The van der Waals surface area contributed by atoms with E-state index in [2.05, 4.69) is 9.72 Å². The number of anilines is 2. The van der Waals surface area contributed by atoms with Crippen molar-refractivity contribution < 1.29 is 9.53 Å². The fraction of sp³-hybridized carbons (Fsp3) is 0.500. The number of hydrogen-bond donors (Lipinski definition) is 1. The molecule has 1 unspecified atom stereocenters. The normalized spacial score (nSPS) is 12.0. The van der Waals surface area contributed by atoms with Gasteiger partial charge in [0.1, 0.15) is 5.82 Å². The number of ether oxygens (including phenoxy) is 1. The summed E-state index contributed by atoms with van der Waals surface area (Å²) in [6.45, 7) is 4.24. The van der Waals surface area contributed by atoms with Crippen LogP contribution in [0.1, 0.15) is 12.6 Å². The van der Waals surface area contributed by atoms with Crippen LogP contribution >= 0.6 is 0 Å². The van der Waals surface area contributed by atoms with Gasteiger partial charge in [-0.3, -0.25) is 4.79 Å². The molecule has 1 rings (SSSR count). The molecule has 0 aromatic carbocycles. The van der Waals surface area contributed by atoms with Crippen molar-refractivity contribution in [1.29, 1.82) is 0 Å². The molecule has 5 heteroatoms.